The largest absolute Gasteiger partial charge is 0.370 e. The van der Waals surface area contributed by atoms with Crippen molar-refractivity contribution in [2.75, 3.05) is 25.0 Å². The Kier molecular flexibility index (Phi) is 5.01. The summed E-state index contributed by atoms with van der Waals surface area (Å²) in [5.74, 6) is 1.02. The van der Waals surface area contributed by atoms with E-state index in [-0.39, 0.29) is 0 Å². The molecular formula is C19H22BrN3. The third-order valence-corrected chi connectivity index (χ3v) is 4.68. The van der Waals surface area contributed by atoms with Gasteiger partial charge < -0.3 is 10.2 Å². The van der Waals surface area contributed by atoms with Crippen LogP contribution in [-0.2, 0) is 6.54 Å². The average molecular weight is 372 g/mol. The summed E-state index contributed by atoms with van der Waals surface area (Å²) in [5, 5.41) is 3.43. The maximum absolute atomic E-state index is 4.65. The molecule has 0 unspecified atom stereocenters. The van der Waals surface area contributed by atoms with Gasteiger partial charge in [-0.2, -0.15) is 0 Å². The van der Waals surface area contributed by atoms with Gasteiger partial charge in [0.15, 0.2) is 0 Å². The fourth-order valence-corrected chi connectivity index (χ4v) is 3.28. The monoisotopic (exact) mass is 371 g/mol. The van der Waals surface area contributed by atoms with Gasteiger partial charge in [-0.15, -0.1) is 0 Å². The topological polar surface area (TPSA) is 27.6 Å². The molecule has 23 heavy (non-hydrogen) atoms. The Labute approximate surface area is 146 Å². The van der Waals surface area contributed by atoms with Crippen LogP contribution in [0.15, 0.2) is 51.9 Å². The Balaban J connectivity index is 1.89. The van der Waals surface area contributed by atoms with E-state index in [4.69, 9.17) is 0 Å². The fraction of sp³-hybridized carbons (Fsp3) is 0.316. The molecule has 3 nitrogen and oxygen atoms in total. The van der Waals surface area contributed by atoms with Crippen LogP contribution in [0.3, 0.4) is 0 Å². The predicted octanol–water partition coefficient (Wildman–Crippen LogP) is 4.13. The van der Waals surface area contributed by atoms with Crippen molar-refractivity contribution in [2.24, 2.45) is 4.99 Å². The number of amidine groups is 1. The molecule has 0 radical (unpaired) electrons. The zero-order valence-electron chi connectivity index (χ0n) is 13.6. The number of rotatable bonds is 4. The van der Waals surface area contributed by atoms with Gasteiger partial charge in [0.05, 0.1) is 0 Å². The van der Waals surface area contributed by atoms with Crippen LogP contribution in [0, 0.1) is 6.92 Å². The Morgan fingerprint density at radius 2 is 2.04 bits per heavy atom. The maximum atomic E-state index is 4.65. The van der Waals surface area contributed by atoms with E-state index in [2.05, 4.69) is 87.6 Å². The molecule has 4 heteroatoms. The smallest absolute Gasteiger partial charge is 0.130 e. The van der Waals surface area contributed by atoms with Crippen LogP contribution in [-0.4, -0.2) is 26.0 Å². The Morgan fingerprint density at radius 3 is 2.83 bits per heavy atom. The molecule has 0 saturated heterocycles. The fourth-order valence-electron chi connectivity index (χ4n) is 2.87. The van der Waals surface area contributed by atoms with E-state index < -0.39 is 0 Å². The van der Waals surface area contributed by atoms with Crippen LogP contribution >= 0.6 is 15.9 Å². The Morgan fingerprint density at radius 1 is 1.22 bits per heavy atom. The molecule has 0 spiro atoms. The van der Waals surface area contributed by atoms with E-state index >= 15 is 0 Å². The van der Waals surface area contributed by atoms with Gasteiger partial charge >= 0.3 is 0 Å². The van der Waals surface area contributed by atoms with Gasteiger partial charge in [-0.05, 0) is 48.7 Å². The second kappa shape index (κ2) is 7.18. The zero-order chi connectivity index (χ0) is 16.2. The van der Waals surface area contributed by atoms with E-state index in [1.807, 2.05) is 0 Å². The summed E-state index contributed by atoms with van der Waals surface area (Å²) in [6.45, 7) is 4.94. The highest BCUT2D eigenvalue weighted by Crippen LogP contribution is 2.24. The molecular weight excluding hydrogens is 350 g/mol. The number of hydrogen-bond acceptors (Lipinski definition) is 3. The van der Waals surface area contributed by atoms with Gasteiger partial charge in [0, 0.05) is 42.4 Å². The molecule has 3 rings (SSSR count). The Hall–Kier alpha value is -1.81. The number of anilines is 1. The molecule has 0 fully saturated rings. The van der Waals surface area contributed by atoms with Gasteiger partial charge in [-0.3, -0.25) is 4.99 Å². The number of halogens is 1. The SMILES string of the molecule is Cc1ccc(Br)cc1CN(C)c1ccccc1C1=NCCCN1. The van der Waals surface area contributed by atoms with Crippen molar-refractivity contribution in [2.45, 2.75) is 19.9 Å². The lowest BCUT2D eigenvalue weighted by molar-refractivity contribution is 0.742. The van der Waals surface area contributed by atoms with Crippen molar-refractivity contribution in [3.63, 3.8) is 0 Å². The molecule has 0 aromatic heterocycles. The normalized spacial score (nSPS) is 14.1. The van der Waals surface area contributed by atoms with Gasteiger partial charge in [-0.25, -0.2) is 0 Å². The van der Waals surface area contributed by atoms with Crippen molar-refractivity contribution in [3.8, 4) is 0 Å². The van der Waals surface area contributed by atoms with E-state index in [9.17, 15) is 0 Å². The van der Waals surface area contributed by atoms with Gasteiger partial charge in [0.25, 0.3) is 0 Å². The molecule has 1 heterocycles. The first-order chi connectivity index (χ1) is 11.1. The zero-order valence-corrected chi connectivity index (χ0v) is 15.2. The van der Waals surface area contributed by atoms with Crippen LogP contribution in [0.25, 0.3) is 0 Å². The number of aryl methyl sites for hydroxylation is 1. The van der Waals surface area contributed by atoms with Crippen LogP contribution in [0.1, 0.15) is 23.1 Å². The summed E-state index contributed by atoms with van der Waals surface area (Å²) >= 11 is 3.57. The minimum Gasteiger partial charge on any atom is -0.370 e. The molecule has 0 amide bonds. The first kappa shape index (κ1) is 16.1. The van der Waals surface area contributed by atoms with Crippen LogP contribution in [0.2, 0.25) is 0 Å². The third-order valence-electron chi connectivity index (χ3n) is 4.19. The lowest BCUT2D eigenvalue weighted by atomic mass is 10.1. The first-order valence-corrected chi connectivity index (χ1v) is 8.78. The highest BCUT2D eigenvalue weighted by Gasteiger charge is 2.14. The summed E-state index contributed by atoms with van der Waals surface area (Å²) in [7, 11) is 2.14. The predicted molar refractivity (Wildman–Crippen MR) is 101 cm³/mol. The van der Waals surface area contributed by atoms with Crippen molar-refractivity contribution >= 4 is 27.5 Å². The van der Waals surface area contributed by atoms with E-state index in [1.165, 1.54) is 22.4 Å². The highest BCUT2D eigenvalue weighted by molar-refractivity contribution is 9.10. The minimum absolute atomic E-state index is 0.871. The second-order valence-electron chi connectivity index (χ2n) is 5.95. The van der Waals surface area contributed by atoms with Crippen molar-refractivity contribution in [1.29, 1.82) is 0 Å². The molecule has 0 aliphatic carbocycles. The number of aliphatic imine (C=N–C) groups is 1. The summed E-state index contributed by atoms with van der Waals surface area (Å²) < 4.78 is 1.12. The molecule has 120 valence electrons. The molecule has 0 atom stereocenters. The lowest BCUT2D eigenvalue weighted by Crippen LogP contribution is -2.32. The highest BCUT2D eigenvalue weighted by atomic mass is 79.9. The summed E-state index contributed by atoms with van der Waals surface area (Å²) in [5.41, 5.74) is 5.03. The number of hydrogen-bond donors (Lipinski definition) is 1. The summed E-state index contributed by atoms with van der Waals surface area (Å²) in [6.07, 6.45) is 1.11. The van der Waals surface area contributed by atoms with Crippen LogP contribution in [0.4, 0.5) is 5.69 Å². The first-order valence-electron chi connectivity index (χ1n) is 7.99. The third kappa shape index (κ3) is 3.75. The van der Waals surface area contributed by atoms with E-state index in [0.717, 1.165) is 36.4 Å². The van der Waals surface area contributed by atoms with Gasteiger partial charge in [0.2, 0.25) is 0 Å². The van der Waals surface area contributed by atoms with Gasteiger partial charge in [-0.1, -0.05) is 34.1 Å². The van der Waals surface area contributed by atoms with Gasteiger partial charge in [0.1, 0.15) is 5.84 Å². The number of benzene rings is 2. The van der Waals surface area contributed by atoms with Crippen LogP contribution < -0.4 is 10.2 Å². The van der Waals surface area contributed by atoms with Crippen molar-refractivity contribution in [1.82, 2.24) is 5.32 Å². The Bertz CT molecular complexity index is 724. The molecule has 0 bridgehead atoms. The molecule has 1 aliphatic heterocycles. The molecule has 0 saturated carbocycles. The molecule has 1 aliphatic rings. The number of para-hydroxylation sites is 1. The van der Waals surface area contributed by atoms with E-state index in [1.54, 1.807) is 0 Å². The van der Waals surface area contributed by atoms with E-state index in [0.29, 0.717) is 0 Å². The standard InChI is InChI=1S/C19H22BrN3/c1-14-8-9-16(20)12-15(14)13-23(2)18-7-4-3-6-17(18)19-21-10-5-11-22-19/h3-4,6-9,12H,5,10-11,13H2,1-2H3,(H,21,22). The molecule has 1 N–H and O–H groups in total. The minimum atomic E-state index is 0.871. The summed E-state index contributed by atoms with van der Waals surface area (Å²) in [4.78, 5) is 6.95. The van der Waals surface area contributed by atoms with Crippen molar-refractivity contribution < 1.29 is 0 Å². The molecule has 2 aromatic carbocycles. The lowest BCUT2D eigenvalue weighted by Gasteiger charge is -2.25. The number of nitrogens with one attached hydrogen (secondary N) is 1. The maximum Gasteiger partial charge on any atom is 0.130 e. The van der Waals surface area contributed by atoms with Crippen LogP contribution in [0.5, 0.6) is 0 Å². The van der Waals surface area contributed by atoms with Crippen molar-refractivity contribution in [3.05, 3.63) is 63.6 Å². The quantitative estimate of drug-likeness (QED) is 0.874. The molecule has 2 aromatic rings. The average Bonchev–Trinajstić information content (AvgIpc) is 2.59. The summed E-state index contributed by atoms with van der Waals surface area (Å²) in [6, 6.07) is 14.9. The number of nitrogens with zero attached hydrogens (tertiary/aromatic N) is 2. The second-order valence-corrected chi connectivity index (χ2v) is 6.87.